The highest BCUT2D eigenvalue weighted by molar-refractivity contribution is 7.08. The van der Waals surface area contributed by atoms with Gasteiger partial charge in [-0.1, -0.05) is 17.8 Å². The molecule has 1 aromatic heterocycles. The van der Waals surface area contributed by atoms with Gasteiger partial charge in [-0.05, 0) is 43.6 Å². The lowest BCUT2D eigenvalue weighted by Crippen LogP contribution is -2.33. The third-order valence-electron chi connectivity index (χ3n) is 3.71. The Morgan fingerprint density at radius 2 is 2.19 bits per heavy atom. The summed E-state index contributed by atoms with van der Waals surface area (Å²) in [5.41, 5.74) is 6.65. The quantitative estimate of drug-likeness (QED) is 0.745. The van der Waals surface area contributed by atoms with Crippen LogP contribution in [0.4, 0.5) is 0 Å². The molecule has 1 aromatic rings. The number of aromatic nitrogens is 2. The summed E-state index contributed by atoms with van der Waals surface area (Å²) in [6.45, 7) is 3.12. The van der Waals surface area contributed by atoms with E-state index < -0.39 is 0 Å². The molecule has 0 aliphatic heterocycles. The number of nitrogens with zero attached hydrogens (tertiary/aromatic N) is 2. The number of nitrogens with one attached hydrogen (secondary N) is 1. The van der Waals surface area contributed by atoms with Gasteiger partial charge in [0, 0.05) is 12.6 Å². The van der Waals surface area contributed by atoms with Crippen LogP contribution in [0.1, 0.15) is 54.4 Å². The molecule has 21 heavy (non-hydrogen) atoms. The highest BCUT2D eigenvalue weighted by Gasteiger charge is 2.19. The lowest BCUT2D eigenvalue weighted by atomic mass is 9.94. The molecule has 1 fully saturated rings. The van der Waals surface area contributed by atoms with Crippen molar-refractivity contribution in [2.75, 3.05) is 13.2 Å². The molecule has 0 atom stereocenters. The van der Waals surface area contributed by atoms with E-state index in [1.54, 1.807) is 0 Å². The maximum atomic E-state index is 12.0. The highest BCUT2D eigenvalue weighted by atomic mass is 32.1. The van der Waals surface area contributed by atoms with Crippen LogP contribution >= 0.6 is 11.5 Å². The number of rotatable bonds is 7. The SMILES string of the molecule is CCCc1nnsc1C(=O)NCCOC1CCC(N)CC1. The number of amides is 1. The Morgan fingerprint density at radius 1 is 1.43 bits per heavy atom. The van der Waals surface area contributed by atoms with Crippen LogP contribution in [-0.4, -0.2) is 40.8 Å². The van der Waals surface area contributed by atoms with Crippen LogP contribution in [0, 0.1) is 0 Å². The van der Waals surface area contributed by atoms with Gasteiger partial charge in [0.1, 0.15) is 4.88 Å². The summed E-state index contributed by atoms with van der Waals surface area (Å²) < 4.78 is 9.64. The predicted molar refractivity (Wildman–Crippen MR) is 82.4 cm³/mol. The van der Waals surface area contributed by atoms with Gasteiger partial charge in [-0.3, -0.25) is 4.79 Å². The Bertz CT molecular complexity index is 444. The van der Waals surface area contributed by atoms with E-state index in [9.17, 15) is 4.79 Å². The van der Waals surface area contributed by atoms with Crippen LogP contribution in [-0.2, 0) is 11.2 Å². The molecular formula is C14H24N4O2S. The number of hydrogen-bond donors (Lipinski definition) is 2. The van der Waals surface area contributed by atoms with Gasteiger partial charge in [0.05, 0.1) is 18.4 Å². The summed E-state index contributed by atoms with van der Waals surface area (Å²) in [5, 5.41) is 6.87. The first-order valence-corrected chi connectivity index (χ1v) is 8.44. The van der Waals surface area contributed by atoms with E-state index in [4.69, 9.17) is 10.5 Å². The molecule has 2 rings (SSSR count). The normalized spacial score (nSPS) is 22.2. The molecule has 1 amide bonds. The second-order valence-corrected chi connectivity index (χ2v) is 6.22. The van der Waals surface area contributed by atoms with E-state index in [0.29, 0.717) is 30.2 Å². The summed E-state index contributed by atoms with van der Waals surface area (Å²) in [5.74, 6) is -0.0947. The zero-order chi connectivity index (χ0) is 15.1. The van der Waals surface area contributed by atoms with E-state index in [2.05, 4.69) is 21.8 Å². The van der Waals surface area contributed by atoms with Crippen LogP contribution in [0.25, 0.3) is 0 Å². The van der Waals surface area contributed by atoms with Gasteiger partial charge in [0.25, 0.3) is 5.91 Å². The lowest BCUT2D eigenvalue weighted by molar-refractivity contribution is 0.0268. The van der Waals surface area contributed by atoms with Gasteiger partial charge in [-0.2, -0.15) is 0 Å². The molecular weight excluding hydrogens is 288 g/mol. The molecule has 6 nitrogen and oxygen atoms in total. The van der Waals surface area contributed by atoms with Crippen LogP contribution in [0.5, 0.6) is 0 Å². The van der Waals surface area contributed by atoms with Crippen molar-refractivity contribution in [3.05, 3.63) is 10.6 Å². The number of nitrogens with two attached hydrogens (primary N) is 1. The van der Waals surface area contributed by atoms with E-state index >= 15 is 0 Å². The van der Waals surface area contributed by atoms with Crippen molar-refractivity contribution in [3.8, 4) is 0 Å². The zero-order valence-electron chi connectivity index (χ0n) is 12.5. The molecule has 118 valence electrons. The maximum absolute atomic E-state index is 12.0. The number of carbonyl (C=O) groups excluding carboxylic acids is 1. The van der Waals surface area contributed by atoms with Gasteiger partial charge in [0.15, 0.2) is 0 Å². The Morgan fingerprint density at radius 3 is 2.90 bits per heavy atom. The zero-order valence-corrected chi connectivity index (χ0v) is 13.3. The second kappa shape index (κ2) is 8.41. The Hall–Kier alpha value is -1.05. The van der Waals surface area contributed by atoms with Crippen LogP contribution in [0.3, 0.4) is 0 Å². The minimum Gasteiger partial charge on any atom is -0.376 e. The van der Waals surface area contributed by atoms with Gasteiger partial charge >= 0.3 is 0 Å². The van der Waals surface area contributed by atoms with Crippen molar-refractivity contribution in [1.82, 2.24) is 14.9 Å². The first kappa shape index (κ1) is 16.3. The lowest BCUT2D eigenvalue weighted by Gasteiger charge is -2.26. The van der Waals surface area contributed by atoms with Crippen molar-refractivity contribution in [3.63, 3.8) is 0 Å². The van der Waals surface area contributed by atoms with E-state index in [1.165, 1.54) is 0 Å². The molecule has 0 bridgehead atoms. The topological polar surface area (TPSA) is 90.1 Å². The highest BCUT2D eigenvalue weighted by Crippen LogP contribution is 2.19. The van der Waals surface area contributed by atoms with Gasteiger partial charge in [0.2, 0.25) is 0 Å². The number of aryl methyl sites for hydroxylation is 1. The van der Waals surface area contributed by atoms with Gasteiger partial charge in [-0.25, -0.2) is 0 Å². The van der Waals surface area contributed by atoms with E-state index in [0.717, 1.165) is 55.8 Å². The minimum atomic E-state index is -0.0947. The Labute approximate surface area is 129 Å². The van der Waals surface area contributed by atoms with E-state index in [1.807, 2.05) is 0 Å². The molecule has 1 aliphatic rings. The van der Waals surface area contributed by atoms with Crippen molar-refractivity contribution < 1.29 is 9.53 Å². The largest absolute Gasteiger partial charge is 0.376 e. The van der Waals surface area contributed by atoms with Crippen molar-refractivity contribution in [2.45, 2.75) is 57.6 Å². The third-order valence-corrected chi connectivity index (χ3v) is 4.48. The van der Waals surface area contributed by atoms with Crippen molar-refractivity contribution in [2.24, 2.45) is 5.73 Å². The van der Waals surface area contributed by atoms with Crippen LogP contribution in [0.2, 0.25) is 0 Å². The van der Waals surface area contributed by atoms with Gasteiger partial charge in [-0.15, -0.1) is 5.10 Å². The molecule has 0 radical (unpaired) electrons. The Balaban J connectivity index is 1.66. The second-order valence-electron chi connectivity index (χ2n) is 5.46. The molecule has 0 saturated heterocycles. The number of hydrogen-bond acceptors (Lipinski definition) is 6. The average molecular weight is 312 g/mol. The molecule has 1 saturated carbocycles. The molecule has 0 unspecified atom stereocenters. The predicted octanol–water partition coefficient (Wildman–Crippen LogP) is 1.51. The summed E-state index contributed by atoms with van der Waals surface area (Å²) in [7, 11) is 0. The van der Waals surface area contributed by atoms with Crippen molar-refractivity contribution in [1.29, 1.82) is 0 Å². The van der Waals surface area contributed by atoms with E-state index in [-0.39, 0.29) is 5.91 Å². The fourth-order valence-corrected chi connectivity index (χ4v) is 3.13. The molecule has 1 aliphatic carbocycles. The Kier molecular flexibility index (Phi) is 6.53. The molecule has 7 heteroatoms. The van der Waals surface area contributed by atoms with Crippen LogP contribution < -0.4 is 11.1 Å². The molecule has 1 heterocycles. The average Bonchev–Trinajstić information content (AvgIpc) is 2.94. The molecule has 3 N–H and O–H groups in total. The first-order chi connectivity index (χ1) is 10.2. The summed E-state index contributed by atoms with van der Waals surface area (Å²) >= 11 is 1.16. The maximum Gasteiger partial charge on any atom is 0.265 e. The van der Waals surface area contributed by atoms with Crippen LogP contribution in [0.15, 0.2) is 0 Å². The van der Waals surface area contributed by atoms with Gasteiger partial charge < -0.3 is 15.8 Å². The number of ether oxygens (including phenoxy) is 1. The van der Waals surface area contributed by atoms with Crippen molar-refractivity contribution >= 4 is 17.4 Å². The number of carbonyl (C=O) groups is 1. The molecule has 0 spiro atoms. The third kappa shape index (κ3) is 5.01. The summed E-state index contributed by atoms with van der Waals surface area (Å²) in [6.07, 6.45) is 6.15. The fraction of sp³-hybridized carbons (Fsp3) is 0.786. The smallest absolute Gasteiger partial charge is 0.265 e. The summed E-state index contributed by atoms with van der Waals surface area (Å²) in [6, 6.07) is 0.334. The fourth-order valence-electron chi connectivity index (χ4n) is 2.51. The standard InChI is InChI=1S/C14H24N4O2S/c1-2-3-12-13(21-18-17-12)14(19)16-8-9-20-11-6-4-10(15)5-7-11/h10-11H,2-9,15H2,1H3,(H,16,19). The monoisotopic (exact) mass is 312 g/mol. The molecule has 0 aromatic carbocycles. The first-order valence-electron chi connectivity index (χ1n) is 7.67. The summed E-state index contributed by atoms with van der Waals surface area (Å²) in [4.78, 5) is 12.7. The minimum absolute atomic E-state index is 0.0947.